The third kappa shape index (κ3) is 3.17. The second-order valence-electron chi connectivity index (χ2n) is 8.38. The van der Waals surface area contributed by atoms with Gasteiger partial charge < -0.3 is 4.74 Å². The van der Waals surface area contributed by atoms with Crippen LogP contribution in [0.25, 0.3) is 44.8 Å². The normalized spacial score (nSPS) is 11.4. The smallest absolute Gasteiger partial charge is 0.220 e. The number of fused-ring (bicyclic) bond motifs is 5. The van der Waals surface area contributed by atoms with Gasteiger partial charge in [0, 0.05) is 17.4 Å². The summed E-state index contributed by atoms with van der Waals surface area (Å²) in [6, 6.07) is 38.7. The van der Waals surface area contributed by atoms with Gasteiger partial charge in [-0.1, -0.05) is 54.6 Å². The van der Waals surface area contributed by atoms with Gasteiger partial charge in [0.25, 0.3) is 0 Å². The molecule has 0 unspecified atom stereocenters. The number of para-hydroxylation sites is 4. The van der Waals surface area contributed by atoms with Crippen LogP contribution >= 0.6 is 0 Å². The van der Waals surface area contributed by atoms with Gasteiger partial charge in [-0.2, -0.15) is 0 Å². The quantitative estimate of drug-likeness (QED) is 0.282. The lowest BCUT2D eigenvalue weighted by molar-refractivity contribution is 0.487. The number of benzene rings is 4. The molecule has 0 amide bonds. The SMILES string of the molecule is c1ccc(-n2c3ccccc3n3c4cccc(Oc5cccc(-c6ccccn6)c5)c4nc23)cc1. The van der Waals surface area contributed by atoms with Gasteiger partial charge in [0.05, 0.1) is 22.2 Å². The van der Waals surface area contributed by atoms with Crippen LogP contribution in [0.3, 0.4) is 0 Å². The summed E-state index contributed by atoms with van der Waals surface area (Å²) in [5, 5.41) is 0. The van der Waals surface area contributed by atoms with Gasteiger partial charge in [0.2, 0.25) is 5.78 Å². The molecule has 0 fully saturated rings. The van der Waals surface area contributed by atoms with Gasteiger partial charge in [-0.3, -0.25) is 14.0 Å². The van der Waals surface area contributed by atoms with E-state index in [2.05, 4.69) is 56.4 Å². The predicted molar refractivity (Wildman–Crippen MR) is 139 cm³/mol. The molecule has 7 rings (SSSR count). The zero-order valence-electron chi connectivity index (χ0n) is 18.7. The molecular weight excluding hydrogens is 432 g/mol. The highest BCUT2D eigenvalue weighted by Gasteiger charge is 2.19. The first-order valence-corrected chi connectivity index (χ1v) is 11.5. The van der Waals surface area contributed by atoms with E-state index in [9.17, 15) is 0 Å². The standard InChI is InChI=1S/C30H20N4O/c1-2-11-22(12-3-1)33-25-15-4-5-16-26(25)34-27-17-9-18-28(29(27)32-30(33)34)35-23-13-8-10-21(20-23)24-14-6-7-19-31-24/h1-20H. The second-order valence-corrected chi connectivity index (χ2v) is 8.38. The zero-order chi connectivity index (χ0) is 23.2. The average Bonchev–Trinajstić information content (AvgIpc) is 3.45. The second kappa shape index (κ2) is 7.85. The summed E-state index contributed by atoms with van der Waals surface area (Å²) in [4.78, 5) is 9.56. The van der Waals surface area contributed by atoms with Gasteiger partial charge in [-0.25, -0.2) is 4.98 Å². The van der Waals surface area contributed by atoms with Crippen molar-refractivity contribution in [2.45, 2.75) is 0 Å². The molecule has 0 spiro atoms. The van der Waals surface area contributed by atoms with E-state index in [-0.39, 0.29) is 0 Å². The van der Waals surface area contributed by atoms with E-state index in [1.165, 1.54) is 0 Å². The first-order chi connectivity index (χ1) is 17.4. The highest BCUT2D eigenvalue weighted by Crippen LogP contribution is 2.35. The molecule has 0 aliphatic heterocycles. The fraction of sp³-hybridized carbons (Fsp3) is 0. The Morgan fingerprint density at radius 1 is 0.629 bits per heavy atom. The Kier molecular flexibility index (Phi) is 4.39. The molecule has 0 saturated heterocycles. The van der Waals surface area contributed by atoms with Crippen molar-refractivity contribution in [2.24, 2.45) is 0 Å². The maximum absolute atomic E-state index is 6.40. The molecule has 4 aromatic carbocycles. The van der Waals surface area contributed by atoms with Gasteiger partial charge in [0.15, 0.2) is 5.75 Å². The van der Waals surface area contributed by atoms with E-state index < -0.39 is 0 Å². The number of nitrogens with zero attached hydrogens (tertiary/aromatic N) is 4. The van der Waals surface area contributed by atoms with Gasteiger partial charge in [-0.15, -0.1) is 0 Å². The minimum Gasteiger partial charge on any atom is -0.455 e. The van der Waals surface area contributed by atoms with Crippen molar-refractivity contribution in [1.82, 2.24) is 18.9 Å². The molecule has 3 heterocycles. The van der Waals surface area contributed by atoms with Crippen LogP contribution in [0.4, 0.5) is 0 Å². The number of hydrogen-bond donors (Lipinski definition) is 0. The van der Waals surface area contributed by atoms with Gasteiger partial charge >= 0.3 is 0 Å². The van der Waals surface area contributed by atoms with Crippen molar-refractivity contribution in [1.29, 1.82) is 0 Å². The topological polar surface area (TPSA) is 44.4 Å². The maximum Gasteiger partial charge on any atom is 0.220 e. The molecule has 166 valence electrons. The van der Waals surface area contributed by atoms with E-state index in [4.69, 9.17) is 9.72 Å². The summed E-state index contributed by atoms with van der Waals surface area (Å²) in [5.74, 6) is 2.31. The monoisotopic (exact) mass is 452 g/mol. The van der Waals surface area contributed by atoms with Gasteiger partial charge in [-0.05, 0) is 60.7 Å². The van der Waals surface area contributed by atoms with Crippen molar-refractivity contribution >= 4 is 27.8 Å². The number of imidazole rings is 2. The highest BCUT2D eigenvalue weighted by atomic mass is 16.5. The number of aromatic nitrogens is 4. The Morgan fingerprint density at radius 2 is 1.40 bits per heavy atom. The van der Waals surface area contributed by atoms with Crippen LogP contribution < -0.4 is 4.74 Å². The number of hydrogen-bond acceptors (Lipinski definition) is 3. The Bertz CT molecular complexity index is 1820. The zero-order valence-corrected chi connectivity index (χ0v) is 18.7. The third-order valence-corrected chi connectivity index (χ3v) is 6.23. The molecular formula is C30H20N4O. The van der Waals surface area contributed by atoms with Crippen molar-refractivity contribution in [3.05, 3.63) is 121 Å². The van der Waals surface area contributed by atoms with E-state index in [1.54, 1.807) is 6.20 Å². The number of rotatable bonds is 4. The van der Waals surface area contributed by atoms with Crippen LogP contribution in [0.1, 0.15) is 0 Å². The fourth-order valence-electron chi connectivity index (χ4n) is 4.69. The Balaban J connectivity index is 1.41. The molecule has 0 aliphatic carbocycles. The van der Waals surface area contributed by atoms with Crippen LogP contribution in [0.5, 0.6) is 11.5 Å². The molecule has 0 bridgehead atoms. The van der Waals surface area contributed by atoms with E-state index in [1.807, 2.05) is 72.8 Å². The lowest BCUT2D eigenvalue weighted by Gasteiger charge is -2.08. The van der Waals surface area contributed by atoms with Gasteiger partial charge in [0.1, 0.15) is 11.3 Å². The Morgan fingerprint density at radius 3 is 2.26 bits per heavy atom. The summed E-state index contributed by atoms with van der Waals surface area (Å²) in [6.45, 7) is 0. The van der Waals surface area contributed by atoms with Crippen LogP contribution in [0.15, 0.2) is 121 Å². The van der Waals surface area contributed by atoms with Crippen molar-refractivity contribution in [2.75, 3.05) is 0 Å². The predicted octanol–water partition coefficient (Wildman–Crippen LogP) is 7.29. The molecule has 3 aromatic heterocycles. The Labute approximate surface area is 201 Å². The number of pyridine rings is 1. The minimum absolute atomic E-state index is 0.716. The molecule has 0 atom stereocenters. The molecule has 0 radical (unpaired) electrons. The molecule has 5 heteroatoms. The summed E-state index contributed by atoms with van der Waals surface area (Å²) in [7, 11) is 0. The van der Waals surface area contributed by atoms with Crippen LogP contribution in [0, 0.1) is 0 Å². The molecule has 5 nitrogen and oxygen atoms in total. The van der Waals surface area contributed by atoms with Crippen molar-refractivity contribution in [3.8, 4) is 28.4 Å². The molecule has 0 saturated carbocycles. The van der Waals surface area contributed by atoms with Crippen molar-refractivity contribution < 1.29 is 4.74 Å². The summed E-state index contributed by atoms with van der Waals surface area (Å²) < 4.78 is 10.8. The first kappa shape index (κ1) is 19.6. The molecule has 7 aromatic rings. The summed E-state index contributed by atoms with van der Waals surface area (Å²) >= 11 is 0. The first-order valence-electron chi connectivity index (χ1n) is 11.5. The molecule has 35 heavy (non-hydrogen) atoms. The molecule has 0 aliphatic rings. The third-order valence-electron chi connectivity index (χ3n) is 6.23. The number of ether oxygens (including phenoxy) is 1. The lowest BCUT2D eigenvalue weighted by Crippen LogP contribution is -1.94. The molecule has 0 N–H and O–H groups in total. The summed E-state index contributed by atoms with van der Waals surface area (Å²) in [6.07, 6.45) is 1.80. The minimum atomic E-state index is 0.716. The van der Waals surface area contributed by atoms with Crippen LogP contribution in [0.2, 0.25) is 0 Å². The highest BCUT2D eigenvalue weighted by molar-refractivity contribution is 5.94. The van der Waals surface area contributed by atoms with Crippen molar-refractivity contribution in [3.63, 3.8) is 0 Å². The average molecular weight is 453 g/mol. The largest absolute Gasteiger partial charge is 0.455 e. The maximum atomic E-state index is 6.40. The van der Waals surface area contributed by atoms with Crippen LogP contribution in [-0.2, 0) is 0 Å². The lowest BCUT2D eigenvalue weighted by atomic mass is 10.1. The van der Waals surface area contributed by atoms with E-state index in [0.29, 0.717) is 5.75 Å². The fourth-order valence-corrected chi connectivity index (χ4v) is 4.69. The van der Waals surface area contributed by atoms with E-state index >= 15 is 0 Å². The Hall–Kier alpha value is -4.90. The summed E-state index contributed by atoms with van der Waals surface area (Å²) in [5.41, 5.74) is 7.02. The van der Waals surface area contributed by atoms with E-state index in [0.717, 1.165) is 50.5 Å². The van der Waals surface area contributed by atoms with Crippen LogP contribution in [-0.4, -0.2) is 18.9 Å².